The number of hydrogen-bond donors (Lipinski definition) is 1. The summed E-state index contributed by atoms with van der Waals surface area (Å²) in [6.07, 6.45) is 0. The fourth-order valence-corrected chi connectivity index (χ4v) is 6.80. The number of piperazine rings is 1. The van der Waals surface area contributed by atoms with E-state index in [0.717, 1.165) is 0 Å². The Bertz CT molecular complexity index is 1260. The van der Waals surface area contributed by atoms with Crippen molar-refractivity contribution in [1.29, 1.82) is 0 Å². The van der Waals surface area contributed by atoms with E-state index in [1.54, 1.807) is 6.07 Å². The Morgan fingerprint density at radius 2 is 1.37 bits per heavy atom. The molecule has 0 aromatic heterocycles. The minimum atomic E-state index is -3.82. The van der Waals surface area contributed by atoms with E-state index < -0.39 is 25.9 Å². The van der Waals surface area contributed by atoms with E-state index in [0.29, 0.717) is 32.0 Å². The normalized spacial score (nSPS) is 18.9. The molecule has 0 saturated carbocycles. The predicted molar refractivity (Wildman–Crippen MR) is 126 cm³/mol. The Balaban J connectivity index is 1.34. The van der Waals surface area contributed by atoms with Gasteiger partial charge < -0.3 is 10.1 Å². The maximum absolute atomic E-state index is 13.3. The third-order valence-corrected chi connectivity index (χ3v) is 9.70. The Labute approximate surface area is 204 Å². The summed E-state index contributed by atoms with van der Waals surface area (Å²) in [7, 11) is -7.53. The summed E-state index contributed by atoms with van der Waals surface area (Å²) in [6, 6.07) is 10.8. The van der Waals surface area contributed by atoms with Crippen LogP contribution in [-0.4, -0.2) is 95.3 Å². The maximum Gasteiger partial charge on any atom is 0.243 e. The van der Waals surface area contributed by atoms with E-state index in [1.807, 2.05) is 4.90 Å². The van der Waals surface area contributed by atoms with Crippen LogP contribution in [-0.2, 0) is 29.6 Å². The molecule has 2 heterocycles. The number of halogens is 1. The van der Waals surface area contributed by atoms with Gasteiger partial charge in [0.05, 0.1) is 29.5 Å². The van der Waals surface area contributed by atoms with Crippen LogP contribution >= 0.6 is 0 Å². The lowest BCUT2D eigenvalue weighted by atomic mass is 10.3. The zero-order chi connectivity index (χ0) is 25.1. The van der Waals surface area contributed by atoms with E-state index >= 15 is 0 Å². The van der Waals surface area contributed by atoms with Gasteiger partial charge in [-0.2, -0.15) is 8.61 Å². The highest BCUT2D eigenvalue weighted by Crippen LogP contribution is 2.22. The summed E-state index contributed by atoms with van der Waals surface area (Å²) in [4.78, 5) is 14.1. The molecule has 2 fully saturated rings. The van der Waals surface area contributed by atoms with Gasteiger partial charge in [-0.25, -0.2) is 21.2 Å². The molecule has 35 heavy (non-hydrogen) atoms. The molecule has 2 aromatic carbocycles. The Morgan fingerprint density at radius 1 is 0.829 bits per heavy atom. The molecule has 0 unspecified atom stereocenters. The van der Waals surface area contributed by atoms with Crippen molar-refractivity contribution in [1.82, 2.24) is 13.5 Å². The summed E-state index contributed by atoms with van der Waals surface area (Å²) in [6.45, 7) is 2.28. The van der Waals surface area contributed by atoms with E-state index in [-0.39, 0.29) is 48.4 Å². The van der Waals surface area contributed by atoms with Crippen LogP contribution in [0.25, 0.3) is 0 Å². The van der Waals surface area contributed by atoms with Crippen LogP contribution in [0.15, 0.2) is 58.3 Å². The third-order valence-electron chi connectivity index (χ3n) is 5.88. The first kappa shape index (κ1) is 25.7. The molecular formula is C22H27FN4O6S2. The van der Waals surface area contributed by atoms with Crippen molar-refractivity contribution in [2.75, 3.05) is 64.3 Å². The summed E-state index contributed by atoms with van der Waals surface area (Å²) in [5, 5.41) is 2.63. The summed E-state index contributed by atoms with van der Waals surface area (Å²) >= 11 is 0. The number of rotatable bonds is 7. The quantitative estimate of drug-likeness (QED) is 0.567. The van der Waals surface area contributed by atoms with Crippen molar-refractivity contribution in [2.45, 2.75) is 9.79 Å². The number of amides is 1. The number of carbonyl (C=O) groups excluding carboxylic acids is 1. The van der Waals surface area contributed by atoms with Crippen molar-refractivity contribution >= 4 is 31.6 Å². The van der Waals surface area contributed by atoms with Crippen LogP contribution in [0.1, 0.15) is 0 Å². The second kappa shape index (κ2) is 10.7. The van der Waals surface area contributed by atoms with Crippen LogP contribution in [0.5, 0.6) is 0 Å². The largest absolute Gasteiger partial charge is 0.379 e. The number of sulfonamides is 2. The highest BCUT2D eigenvalue weighted by Gasteiger charge is 2.31. The molecule has 2 aromatic rings. The van der Waals surface area contributed by atoms with Crippen LogP contribution in [0.4, 0.5) is 10.1 Å². The SMILES string of the molecule is O=C(CN1CCN(S(=O)(=O)c2ccc(S(=O)(=O)N3CCOCC3)cc2)CC1)Nc1cccc(F)c1. The van der Waals surface area contributed by atoms with Crippen LogP contribution in [0, 0.1) is 5.82 Å². The molecule has 0 atom stereocenters. The number of anilines is 1. The first-order chi connectivity index (χ1) is 16.7. The third kappa shape index (κ3) is 6.05. The maximum atomic E-state index is 13.3. The lowest BCUT2D eigenvalue weighted by Gasteiger charge is -2.33. The molecule has 0 radical (unpaired) electrons. The van der Waals surface area contributed by atoms with E-state index in [2.05, 4.69) is 5.32 Å². The number of benzene rings is 2. The molecule has 190 valence electrons. The monoisotopic (exact) mass is 526 g/mol. The summed E-state index contributed by atoms with van der Waals surface area (Å²) in [5.74, 6) is -0.766. The van der Waals surface area contributed by atoms with Gasteiger partial charge in [-0.05, 0) is 42.5 Å². The van der Waals surface area contributed by atoms with E-state index in [4.69, 9.17) is 4.74 Å². The number of carbonyl (C=O) groups is 1. The minimum Gasteiger partial charge on any atom is -0.379 e. The van der Waals surface area contributed by atoms with Gasteiger partial charge in [0.15, 0.2) is 0 Å². The fourth-order valence-electron chi connectivity index (χ4n) is 3.97. The lowest BCUT2D eigenvalue weighted by molar-refractivity contribution is -0.117. The number of nitrogens with zero attached hydrogens (tertiary/aromatic N) is 3. The van der Waals surface area contributed by atoms with Gasteiger partial charge in [-0.3, -0.25) is 9.69 Å². The number of morpholine rings is 1. The molecule has 4 rings (SSSR count). The van der Waals surface area contributed by atoms with Gasteiger partial charge in [0.2, 0.25) is 26.0 Å². The minimum absolute atomic E-state index is 0.00993. The first-order valence-corrected chi connectivity index (χ1v) is 14.0. The second-order valence-corrected chi connectivity index (χ2v) is 12.1. The highest BCUT2D eigenvalue weighted by molar-refractivity contribution is 7.89. The van der Waals surface area contributed by atoms with Gasteiger partial charge in [0, 0.05) is 45.0 Å². The number of ether oxygens (including phenoxy) is 1. The standard InChI is InChI=1S/C22H27FN4O6S2/c23-18-2-1-3-19(16-18)24-22(28)17-25-8-10-26(11-9-25)34(29,30)20-4-6-21(7-5-20)35(31,32)27-12-14-33-15-13-27/h1-7,16H,8-15,17H2,(H,24,28). The Morgan fingerprint density at radius 3 is 1.91 bits per heavy atom. The highest BCUT2D eigenvalue weighted by atomic mass is 32.2. The zero-order valence-corrected chi connectivity index (χ0v) is 20.6. The van der Waals surface area contributed by atoms with Gasteiger partial charge >= 0.3 is 0 Å². The molecule has 10 nitrogen and oxygen atoms in total. The molecule has 0 bridgehead atoms. The topological polar surface area (TPSA) is 116 Å². The smallest absolute Gasteiger partial charge is 0.243 e. The molecule has 13 heteroatoms. The van der Waals surface area contributed by atoms with Crippen molar-refractivity contribution in [3.05, 3.63) is 54.3 Å². The molecule has 0 spiro atoms. The van der Waals surface area contributed by atoms with Crippen LogP contribution in [0.3, 0.4) is 0 Å². The van der Waals surface area contributed by atoms with Gasteiger partial charge in [-0.15, -0.1) is 0 Å². The predicted octanol–water partition coefficient (Wildman–Crippen LogP) is 0.792. The fraction of sp³-hybridized carbons (Fsp3) is 0.409. The van der Waals surface area contributed by atoms with Crippen molar-refractivity contribution < 1.29 is 30.8 Å². The average molecular weight is 527 g/mol. The molecule has 2 saturated heterocycles. The second-order valence-electron chi connectivity index (χ2n) is 8.23. The van der Waals surface area contributed by atoms with E-state index in [9.17, 15) is 26.0 Å². The number of nitrogens with one attached hydrogen (secondary N) is 1. The molecule has 2 aliphatic rings. The van der Waals surface area contributed by atoms with E-state index in [1.165, 1.54) is 51.1 Å². The zero-order valence-electron chi connectivity index (χ0n) is 19.0. The molecule has 0 aliphatic carbocycles. The van der Waals surface area contributed by atoms with Crippen molar-refractivity contribution in [3.8, 4) is 0 Å². The van der Waals surface area contributed by atoms with Crippen LogP contribution < -0.4 is 5.32 Å². The summed E-state index contributed by atoms with van der Waals surface area (Å²) < 4.78 is 72.8. The Kier molecular flexibility index (Phi) is 7.83. The van der Waals surface area contributed by atoms with Crippen LogP contribution in [0.2, 0.25) is 0 Å². The van der Waals surface area contributed by atoms with Gasteiger partial charge in [-0.1, -0.05) is 6.07 Å². The Hall–Kier alpha value is -2.42. The van der Waals surface area contributed by atoms with Gasteiger partial charge in [0.25, 0.3) is 0 Å². The molecular weight excluding hydrogens is 499 g/mol. The van der Waals surface area contributed by atoms with Crippen molar-refractivity contribution in [2.24, 2.45) is 0 Å². The molecule has 1 amide bonds. The number of hydrogen-bond acceptors (Lipinski definition) is 7. The van der Waals surface area contributed by atoms with Gasteiger partial charge in [0.1, 0.15) is 5.82 Å². The summed E-state index contributed by atoms with van der Waals surface area (Å²) in [5.41, 5.74) is 0.357. The molecule has 2 aliphatic heterocycles. The van der Waals surface area contributed by atoms with Crippen molar-refractivity contribution in [3.63, 3.8) is 0 Å². The first-order valence-electron chi connectivity index (χ1n) is 11.1. The molecule has 1 N–H and O–H groups in total. The average Bonchev–Trinajstić information content (AvgIpc) is 2.85. The lowest BCUT2D eigenvalue weighted by Crippen LogP contribution is -2.50.